The molecule has 1 nitrogen and oxygen atoms in total. The van der Waals surface area contributed by atoms with Crippen LogP contribution >= 0.6 is 0 Å². The van der Waals surface area contributed by atoms with Crippen LogP contribution in [-0.2, 0) is 4.79 Å². The molecule has 0 aliphatic rings. The van der Waals surface area contributed by atoms with Crippen LogP contribution in [0.2, 0.25) is 0 Å². The zero-order chi connectivity index (χ0) is 19.6. The first-order valence-electron chi connectivity index (χ1n) is 4.93. The van der Waals surface area contributed by atoms with Crippen molar-refractivity contribution in [2.24, 2.45) is 5.41 Å². The zero-order valence-electron chi connectivity index (χ0n) is 12.4. The summed E-state index contributed by atoms with van der Waals surface area (Å²) in [6.45, 7) is 8.82. The van der Waals surface area contributed by atoms with Gasteiger partial charge in [0.2, 0.25) is 0 Å². The monoisotopic (exact) mass is 399 g/mol. The third-order valence-electron chi connectivity index (χ3n) is 0.837. The molecular formula is C6H11B3F12KO-3. The fourth-order valence-corrected chi connectivity index (χ4v) is 0. The number of rotatable bonds is 0. The standard InChI is InChI=1S/C6H11O.3BF4.K/c1-5(7)6(2,3)4;3*2-1(3,4)5;/h1H2,2-4H3;;;;/q4*-1;+1. The van der Waals surface area contributed by atoms with Crippen LogP contribution in [0.5, 0.6) is 0 Å². The number of hydrogen-bond donors (Lipinski definition) is 0. The molecule has 0 saturated heterocycles. The van der Waals surface area contributed by atoms with Crippen LogP contribution in [0.25, 0.3) is 0 Å². The maximum atomic E-state index is 10.4. The predicted octanol–water partition coefficient (Wildman–Crippen LogP) is 2.34. The number of carbonyl (C=O) groups is 1. The molecular weight excluding hydrogens is 388 g/mol. The normalized spacial score (nSPS) is 11.3. The predicted molar refractivity (Wildman–Crippen MR) is 60.4 cm³/mol. The van der Waals surface area contributed by atoms with Crippen LogP contribution < -0.4 is 51.4 Å². The Kier molecular flexibility index (Phi) is 20.8. The Bertz CT molecular complexity index is 247. The second kappa shape index (κ2) is 13.8. The van der Waals surface area contributed by atoms with Gasteiger partial charge in [-0.25, -0.2) is 0 Å². The molecule has 0 radical (unpaired) electrons. The van der Waals surface area contributed by atoms with Crippen molar-refractivity contribution in [3.8, 4) is 0 Å². The fraction of sp³-hybridized carbons (Fsp3) is 0.667. The Hall–Kier alpha value is 0.531. The average Bonchev–Trinajstić information content (AvgIpc) is 1.89. The zero-order valence-corrected chi connectivity index (χ0v) is 15.5. The van der Waals surface area contributed by atoms with E-state index in [1.807, 2.05) is 20.8 Å². The van der Waals surface area contributed by atoms with Gasteiger partial charge in [-0.1, -0.05) is 20.8 Å². The third kappa shape index (κ3) is 223. The molecule has 0 heterocycles. The van der Waals surface area contributed by atoms with E-state index in [-0.39, 0.29) is 62.6 Å². The van der Waals surface area contributed by atoms with Crippen LogP contribution in [0.4, 0.5) is 51.8 Å². The van der Waals surface area contributed by atoms with Crippen molar-refractivity contribution in [1.29, 1.82) is 0 Å². The smallest absolute Gasteiger partial charge is 0.418 e. The quantitative estimate of drug-likeness (QED) is 0.348. The van der Waals surface area contributed by atoms with E-state index in [1.54, 1.807) is 0 Å². The molecule has 0 aromatic carbocycles. The van der Waals surface area contributed by atoms with Gasteiger partial charge in [0.05, 0.1) is 0 Å². The molecule has 23 heavy (non-hydrogen) atoms. The van der Waals surface area contributed by atoms with Crippen molar-refractivity contribution in [3.63, 3.8) is 0 Å². The Labute approximate surface area is 167 Å². The fourth-order valence-electron chi connectivity index (χ4n) is 0. The summed E-state index contributed by atoms with van der Waals surface area (Å²) >= 11 is 0. The first kappa shape index (κ1) is 34.8. The van der Waals surface area contributed by atoms with E-state index in [1.165, 1.54) is 0 Å². The van der Waals surface area contributed by atoms with Gasteiger partial charge >= 0.3 is 73.1 Å². The summed E-state index contributed by atoms with van der Waals surface area (Å²) in [5.41, 5.74) is -0.250. The molecule has 0 unspecified atom stereocenters. The van der Waals surface area contributed by atoms with Crippen molar-refractivity contribution in [3.05, 3.63) is 6.92 Å². The average molecular weight is 399 g/mol. The van der Waals surface area contributed by atoms with Crippen LogP contribution in [0, 0.1) is 12.3 Å². The Balaban J connectivity index is -0.0000000625. The van der Waals surface area contributed by atoms with Crippen molar-refractivity contribution in [2.75, 3.05) is 0 Å². The summed E-state index contributed by atoms with van der Waals surface area (Å²) in [5, 5.41) is 0. The number of halogens is 12. The van der Waals surface area contributed by atoms with E-state index in [9.17, 15) is 56.6 Å². The summed E-state index contributed by atoms with van der Waals surface area (Å²) in [5.74, 6) is -0.00694. The molecule has 0 rings (SSSR count). The van der Waals surface area contributed by atoms with E-state index in [0.717, 1.165) is 0 Å². The minimum Gasteiger partial charge on any atom is -0.418 e. The van der Waals surface area contributed by atoms with Gasteiger partial charge < -0.3 is 63.5 Å². The molecule has 0 saturated carbocycles. The summed E-state index contributed by atoms with van der Waals surface area (Å²) in [6.07, 6.45) is 0. The molecule has 0 spiro atoms. The van der Waals surface area contributed by atoms with E-state index in [2.05, 4.69) is 6.92 Å². The molecule has 0 N–H and O–H groups in total. The molecule has 138 valence electrons. The number of ketones is 1. The summed E-state index contributed by atoms with van der Waals surface area (Å²) in [7, 11) is -18.0. The van der Waals surface area contributed by atoms with Gasteiger partial charge in [0, 0.05) is 5.78 Å². The van der Waals surface area contributed by atoms with Gasteiger partial charge in [0.15, 0.2) is 0 Å². The molecule has 0 aliphatic heterocycles. The molecule has 0 aliphatic carbocycles. The number of carbonyl (C=O) groups excluding carboxylic acids is 1. The molecule has 0 bridgehead atoms. The van der Waals surface area contributed by atoms with Gasteiger partial charge in [-0.15, -0.1) is 0 Å². The molecule has 0 aromatic rings. The molecule has 0 fully saturated rings. The van der Waals surface area contributed by atoms with Crippen molar-refractivity contribution in [2.45, 2.75) is 20.8 Å². The second-order valence-electron chi connectivity index (χ2n) is 4.16. The second-order valence-corrected chi connectivity index (χ2v) is 4.16. The van der Waals surface area contributed by atoms with Crippen molar-refractivity contribution >= 4 is 27.5 Å². The van der Waals surface area contributed by atoms with Gasteiger partial charge in [0.1, 0.15) is 0 Å². The molecule has 0 aromatic heterocycles. The number of hydrogen-bond acceptors (Lipinski definition) is 1. The van der Waals surface area contributed by atoms with Crippen LogP contribution in [-0.4, -0.2) is 27.5 Å². The van der Waals surface area contributed by atoms with Crippen molar-refractivity contribution < 1.29 is 108 Å². The number of Topliss-reactive ketones (excluding diaryl/α,β-unsaturated/α-hetero) is 1. The van der Waals surface area contributed by atoms with Gasteiger partial charge in [-0.3, -0.25) is 0 Å². The first-order valence-corrected chi connectivity index (χ1v) is 4.93. The molecule has 17 heteroatoms. The Morgan fingerprint density at radius 1 is 0.652 bits per heavy atom. The first-order chi connectivity index (χ1) is 8.94. The maximum Gasteiger partial charge on any atom is 1.00 e. The summed E-state index contributed by atoms with van der Waals surface area (Å²) < 4.78 is 117. The van der Waals surface area contributed by atoms with Gasteiger partial charge in [-0.05, 0) is 5.41 Å². The topological polar surface area (TPSA) is 17.1 Å². The van der Waals surface area contributed by atoms with E-state index >= 15 is 0 Å². The summed E-state index contributed by atoms with van der Waals surface area (Å²) in [6, 6.07) is 0. The molecule has 0 atom stereocenters. The minimum atomic E-state index is -6.00. The van der Waals surface area contributed by atoms with E-state index in [4.69, 9.17) is 0 Å². The SMILES string of the molecule is F[B-](F)(F)F.F[B-](F)(F)F.F[B-](F)(F)F.[CH2-]C(=O)C(C)(C)C.[K+]. The van der Waals surface area contributed by atoms with E-state index < -0.39 is 21.8 Å². The van der Waals surface area contributed by atoms with Crippen LogP contribution in [0.1, 0.15) is 20.8 Å². The third-order valence-corrected chi connectivity index (χ3v) is 0.837. The van der Waals surface area contributed by atoms with Crippen LogP contribution in [0.15, 0.2) is 0 Å². The van der Waals surface area contributed by atoms with Gasteiger partial charge in [0.25, 0.3) is 0 Å². The molecule has 0 amide bonds. The van der Waals surface area contributed by atoms with Crippen LogP contribution in [0.3, 0.4) is 0 Å². The Morgan fingerprint density at radius 3 is 0.696 bits per heavy atom. The Morgan fingerprint density at radius 2 is 0.696 bits per heavy atom. The maximum absolute atomic E-state index is 10.4. The minimum absolute atomic E-state index is 0. The van der Waals surface area contributed by atoms with Gasteiger partial charge in [-0.2, -0.15) is 0 Å². The van der Waals surface area contributed by atoms with E-state index in [0.29, 0.717) is 0 Å². The summed E-state index contributed by atoms with van der Waals surface area (Å²) in [4.78, 5) is 10.4. The largest absolute Gasteiger partial charge is 1.00 e. The van der Waals surface area contributed by atoms with Crippen molar-refractivity contribution in [1.82, 2.24) is 0 Å².